The number of nitrogens with two attached hydrogens (primary N) is 1. The Balaban J connectivity index is 1.72. The molecule has 0 spiro atoms. The van der Waals surface area contributed by atoms with Crippen LogP contribution in [0.1, 0.15) is 41.2 Å². The SMILES string of the molecule is CCS(=O)(=O)Nc1cc(C(=O)c2ccccc2)cc(-c2nnc(C(C)(N)Cc3ccccc3)o2)c1. The standard InChI is InChI=1S/C26H26N4O4S/c1-3-35(32,33)30-22-15-20(23(31)19-12-8-5-9-13-19)14-21(16-22)24-28-29-25(34-24)26(2,27)17-18-10-6-4-7-11-18/h4-16,30H,3,17,27H2,1-2H3. The second kappa shape index (κ2) is 9.81. The van der Waals surface area contributed by atoms with E-state index in [4.69, 9.17) is 10.2 Å². The lowest BCUT2D eigenvalue weighted by Gasteiger charge is -2.20. The number of sulfonamides is 1. The van der Waals surface area contributed by atoms with E-state index in [0.29, 0.717) is 17.5 Å². The monoisotopic (exact) mass is 490 g/mol. The van der Waals surface area contributed by atoms with Crippen molar-refractivity contribution in [1.82, 2.24) is 10.2 Å². The first-order valence-corrected chi connectivity index (χ1v) is 12.7. The van der Waals surface area contributed by atoms with Crippen molar-refractivity contribution < 1.29 is 17.6 Å². The Morgan fingerprint density at radius 3 is 2.29 bits per heavy atom. The highest BCUT2D eigenvalue weighted by molar-refractivity contribution is 7.92. The van der Waals surface area contributed by atoms with Crippen LogP contribution in [-0.4, -0.2) is 30.2 Å². The number of hydrogen-bond donors (Lipinski definition) is 2. The first-order chi connectivity index (χ1) is 16.7. The van der Waals surface area contributed by atoms with Crippen LogP contribution in [0.3, 0.4) is 0 Å². The van der Waals surface area contributed by atoms with E-state index in [1.807, 2.05) is 36.4 Å². The van der Waals surface area contributed by atoms with Gasteiger partial charge in [-0.2, -0.15) is 0 Å². The molecule has 3 N–H and O–H groups in total. The average molecular weight is 491 g/mol. The van der Waals surface area contributed by atoms with Crippen molar-refractivity contribution in [3.05, 3.63) is 101 Å². The molecule has 0 aliphatic rings. The minimum Gasteiger partial charge on any atom is -0.419 e. The third-order valence-electron chi connectivity index (χ3n) is 5.46. The fourth-order valence-electron chi connectivity index (χ4n) is 3.62. The van der Waals surface area contributed by atoms with Crippen molar-refractivity contribution in [2.45, 2.75) is 25.8 Å². The maximum absolute atomic E-state index is 13.1. The number of hydrogen-bond acceptors (Lipinski definition) is 7. The molecule has 1 unspecified atom stereocenters. The second-order valence-electron chi connectivity index (χ2n) is 8.49. The van der Waals surface area contributed by atoms with Crippen molar-refractivity contribution >= 4 is 21.5 Å². The normalized spacial score (nSPS) is 13.2. The number of ketones is 1. The van der Waals surface area contributed by atoms with Gasteiger partial charge >= 0.3 is 0 Å². The third-order valence-corrected chi connectivity index (χ3v) is 6.77. The van der Waals surface area contributed by atoms with Crippen molar-refractivity contribution in [3.8, 4) is 11.5 Å². The number of nitrogens with zero attached hydrogens (tertiary/aromatic N) is 2. The van der Waals surface area contributed by atoms with Gasteiger partial charge in [-0.15, -0.1) is 10.2 Å². The van der Waals surface area contributed by atoms with E-state index in [1.165, 1.54) is 13.0 Å². The van der Waals surface area contributed by atoms with E-state index in [0.717, 1.165) is 5.56 Å². The molecule has 180 valence electrons. The molecule has 0 radical (unpaired) electrons. The summed E-state index contributed by atoms with van der Waals surface area (Å²) in [6.45, 7) is 3.33. The van der Waals surface area contributed by atoms with E-state index >= 15 is 0 Å². The summed E-state index contributed by atoms with van der Waals surface area (Å²) in [5.41, 5.74) is 7.96. The van der Waals surface area contributed by atoms with E-state index < -0.39 is 15.6 Å². The number of anilines is 1. The molecule has 35 heavy (non-hydrogen) atoms. The number of carbonyl (C=O) groups excluding carboxylic acids is 1. The molecule has 1 aromatic heterocycles. The maximum Gasteiger partial charge on any atom is 0.247 e. The number of benzene rings is 3. The lowest BCUT2D eigenvalue weighted by atomic mass is 9.94. The van der Waals surface area contributed by atoms with Gasteiger partial charge < -0.3 is 10.2 Å². The summed E-state index contributed by atoms with van der Waals surface area (Å²) in [5, 5.41) is 8.29. The molecule has 0 saturated heterocycles. The van der Waals surface area contributed by atoms with Crippen molar-refractivity contribution in [2.24, 2.45) is 5.73 Å². The Kier molecular flexibility index (Phi) is 6.81. The van der Waals surface area contributed by atoms with Crippen molar-refractivity contribution in [3.63, 3.8) is 0 Å². The number of nitrogens with one attached hydrogen (secondary N) is 1. The highest BCUT2D eigenvalue weighted by atomic mass is 32.2. The molecule has 0 aliphatic heterocycles. The topological polar surface area (TPSA) is 128 Å². The Hall–Kier alpha value is -3.82. The fourth-order valence-corrected chi connectivity index (χ4v) is 4.24. The smallest absolute Gasteiger partial charge is 0.247 e. The summed E-state index contributed by atoms with van der Waals surface area (Å²) >= 11 is 0. The summed E-state index contributed by atoms with van der Waals surface area (Å²) < 4.78 is 32.8. The first kappa shape index (κ1) is 24.3. The number of carbonyl (C=O) groups is 1. The molecule has 3 aromatic carbocycles. The zero-order chi connectivity index (χ0) is 25.1. The summed E-state index contributed by atoms with van der Waals surface area (Å²) in [4.78, 5) is 13.1. The van der Waals surface area contributed by atoms with Gasteiger partial charge in [-0.25, -0.2) is 8.42 Å². The largest absolute Gasteiger partial charge is 0.419 e. The Morgan fingerprint density at radius 1 is 0.971 bits per heavy atom. The van der Waals surface area contributed by atoms with Crippen LogP contribution >= 0.6 is 0 Å². The fraction of sp³-hybridized carbons (Fsp3) is 0.192. The van der Waals surface area contributed by atoms with Crippen LogP contribution in [0.15, 0.2) is 83.3 Å². The second-order valence-corrected chi connectivity index (χ2v) is 10.5. The molecule has 9 heteroatoms. The van der Waals surface area contributed by atoms with Crippen LogP contribution in [0.2, 0.25) is 0 Å². The van der Waals surface area contributed by atoms with Gasteiger partial charge in [0.2, 0.25) is 21.8 Å². The van der Waals surface area contributed by atoms with E-state index in [1.54, 1.807) is 43.3 Å². The zero-order valence-corrected chi connectivity index (χ0v) is 20.2. The molecule has 4 rings (SSSR count). The van der Waals surface area contributed by atoms with Gasteiger partial charge in [0, 0.05) is 22.4 Å². The highest BCUT2D eigenvalue weighted by Crippen LogP contribution is 2.29. The molecule has 0 amide bonds. The van der Waals surface area contributed by atoms with Crippen molar-refractivity contribution in [1.29, 1.82) is 0 Å². The lowest BCUT2D eigenvalue weighted by molar-refractivity contribution is 0.103. The van der Waals surface area contributed by atoms with Crippen LogP contribution in [0, 0.1) is 0 Å². The molecular weight excluding hydrogens is 464 g/mol. The molecule has 1 heterocycles. The van der Waals surface area contributed by atoms with E-state index in [9.17, 15) is 13.2 Å². The molecular formula is C26H26N4O4S. The van der Waals surface area contributed by atoms with Gasteiger partial charge in [0.15, 0.2) is 5.78 Å². The van der Waals surface area contributed by atoms with Gasteiger partial charge in [-0.05, 0) is 44.0 Å². The number of aromatic nitrogens is 2. The highest BCUT2D eigenvalue weighted by Gasteiger charge is 2.29. The average Bonchev–Trinajstić information content (AvgIpc) is 3.36. The van der Waals surface area contributed by atoms with Gasteiger partial charge in [-0.1, -0.05) is 60.7 Å². The van der Waals surface area contributed by atoms with Crippen LogP contribution in [0.25, 0.3) is 11.5 Å². The quantitative estimate of drug-likeness (QED) is 0.337. The lowest BCUT2D eigenvalue weighted by Crippen LogP contribution is -2.35. The Morgan fingerprint density at radius 2 is 1.63 bits per heavy atom. The van der Waals surface area contributed by atoms with Gasteiger partial charge in [0.1, 0.15) is 0 Å². The van der Waals surface area contributed by atoms with Crippen LogP contribution in [0.4, 0.5) is 5.69 Å². The molecule has 0 saturated carbocycles. The molecule has 8 nitrogen and oxygen atoms in total. The van der Waals surface area contributed by atoms with Crippen LogP contribution < -0.4 is 10.5 Å². The summed E-state index contributed by atoms with van der Waals surface area (Å²) in [6, 6.07) is 23.1. The van der Waals surface area contributed by atoms with Crippen LogP contribution in [0.5, 0.6) is 0 Å². The molecule has 0 fully saturated rings. The van der Waals surface area contributed by atoms with E-state index in [-0.39, 0.29) is 34.6 Å². The molecule has 1 atom stereocenters. The predicted octanol–water partition coefficient (Wildman–Crippen LogP) is 4.15. The summed E-state index contributed by atoms with van der Waals surface area (Å²) in [5.74, 6) is -0.0253. The predicted molar refractivity (Wildman–Crippen MR) is 134 cm³/mol. The Bertz CT molecular complexity index is 1430. The van der Waals surface area contributed by atoms with Gasteiger partial charge in [-0.3, -0.25) is 9.52 Å². The first-order valence-electron chi connectivity index (χ1n) is 11.1. The van der Waals surface area contributed by atoms with Gasteiger partial charge in [0.25, 0.3) is 0 Å². The van der Waals surface area contributed by atoms with Gasteiger partial charge in [0.05, 0.1) is 11.3 Å². The Labute approximate surface area is 204 Å². The minimum atomic E-state index is -3.58. The zero-order valence-electron chi connectivity index (χ0n) is 19.4. The van der Waals surface area contributed by atoms with E-state index in [2.05, 4.69) is 14.9 Å². The summed E-state index contributed by atoms with van der Waals surface area (Å²) in [6.07, 6.45) is 0.476. The minimum absolute atomic E-state index is 0.116. The van der Waals surface area contributed by atoms with Crippen LogP contribution in [-0.2, 0) is 22.0 Å². The summed E-state index contributed by atoms with van der Waals surface area (Å²) in [7, 11) is -3.58. The molecule has 0 aliphatic carbocycles. The third kappa shape index (κ3) is 5.82. The molecule has 0 bridgehead atoms. The molecule has 4 aromatic rings. The number of rotatable bonds is 9. The maximum atomic E-state index is 13.1. The van der Waals surface area contributed by atoms with Crippen molar-refractivity contribution in [2.75, 3.05) is 10.5 Å².